The molecule has 0 unspecified atom stereocenters. The van der Waals surface area contributed by atoms with Crippen LogP contribution in [0, 0.1) is 11.6 Å². The van der Waals surface area contributed by atoms with E-state index in [1.807, 2.05) is 12.1 Å². The van der Waals surface area contributed by atoms with Crippen LogP contribution < -0.4 is 10.6 Å². The molecule has 2 aromatic carbocycles. The minimum atomic E-state index is -0.997. The summed E-state index contributed by atoms with van der Waals surface area (Å²) < 4.78 is 26.0. The van der Waals surface area contributed by atoms with Gasteiger partial charge in [0.25, 0.3) is 0 Å². The Balaban J connectivity index is 1.45. The molecule has 1 fully saturated rings. The van der Waals surface area contributed by atoms with Gasteiger partial charge >= 0.3 is 6.03 Å². The van der Waals surface area contributed by atoms with Crippen LogP contribution in [-0.4, -0.2) is 49.1 Å². The summed E-state index contributed by atoms with van der Waals surface area (Å²) in [5, 5.41) is 5.19. The third-order valence-electron chi connectivity index (χ3n) is 4.66. The number of nitrogens with zero attached hydrogens (tertiary/aromatic N) is 2. The lowest BCUT2D eigenvalue weighted by Gasteiger charge is -2.32. The maximum Gasteiger partial charge on any atom is 0.319 e. The Kier molecular flexibility index (Phi) is 6.36. The van der Waals surface area contributed by atoms with Gasteiger partial charge in [0.2, 0.25) is 0 Å². The first-order valence-corrected chi connectivity index (χ1v) is 8.98. The number of hydrogen-bond donors (Lipinski definition) is 2. The van der Waals surface area contributed by atoms with Crippen molar-refractivity contribution >= 4 is 11.7 Å². The maximum absolute atomic E-state index is 13.2. The van der Waals surface area contributed by atoms with E-state index in [2.05, 4.69) is 39.6 Å². The molecule has 1 saturated heterocycles. The number of piperazine rings is 1. The van der Waals surface area contributed by atoms with Crippen LogP contribution in [0.3, 0.4) is 0 Å². The van der Waals surface area contributed by atoms with Gasteiger partial charge in [-0.2, -0.15) is 0 Å². The van der Waals surface area contributed by atoms with Crippen molar-refractivity contribution in [3.63, 3.8) is 0 Å². The quantitative estimate of drug-likeness (QED) is 0.846. The van der Waals surface area contributed by atoms with Crippen molar-refractivity contribution in [1.82, 2.24) is 15.1 Å². The van der Waals surface area contributed by atoms with Gasteiger partial charge in [0.05, 0.1) is 0 Å². The first-order chi connectivity index (χ1) is 13.0. The summed E-state index contributed by atoms with van der Waals surface area (Å²) in [6.45, 7) is 5.61. The van der Waals surface area contributed by atoms with E-state index in [-0.39, 0.29) is 5.69 Å². The highest BCUT2D eigenvalue weighted by Gasteiger charge is 2.13. The van der Waals surface area contributed by atoms with Gasteiger partial charge in [-0.1, -0.05) is 24.3 Å². The molecular weight excluding hydrogens is 350 g/mol. The highest BCUT2D eigenvalue weighted by atomic mass is 19.2. The smallest absolute Gasteiger partial charge is 0.319 e. The zero-order valence-corrected chi connectivity index (χ0v) is 15.3. The molecule has 1 aliphatic heterocycles. The van der Waals surface area contributed by atoms with E-state index in [1.165, 1.54) is 11.6 Å². The van der Waals surface area contributed by atoms with Crippen molar-refractivity contribution < 1.29 is 13.6 Å². The molecule has 2 aromatic rings. The second-order valence-electron chi connectivity index (χ2n) is 6.83. The summed E-state index contributed by atoms with van der Waals surface area (Å²) in [5.41, 5.74) is 2.42. The van der Waals surface area contributed by atoms with Crippen molar-refractivity contribution in [2.75, 3.05) is 38.5 Å². The van der Waals surface area contributed by atoms with E-state index in [1.54, 1.807) is 0 Å². The molecule has 2 N–H and O–H groups in total. The number of carbonyl (C=O) groups is 1. The fourth-order valence-corrected chi connectivity index (χ4v) is 2.96. The van der Waals surface area contributed by atoms with E-state index in [9.17, 15) is 13.6 Å². The highest BCUT2D eigenvalue weighted by molar-refractivity contribution is 5.89. The first-order valence-electron chi connectivity index (χ1n) is 8.98. The van der Waals surface area contributed by atoms with E-state index in [0.717, 1.165) is 50.4 Å². The Morgan fingerprint density at radius 2 is 1.63 bits per heavy atom. The average molecular weight is 374 g/mol. The first kappa shape index (κ1) is 19.3. The molecule has 0 bridgehead atoms. The van der Waals surface area contributed by atoms with Gasteiger partial charge in [-0.25, -0.2) is 13.6 Å². The molecule has 0 atom stereocenters. The summed E-state index contributed by atoms with van der Waals surface area (Å²) >= 11 is 0. The van der Waals surface area contributed by atoms with E-state index >= 15 is 0 Å². The normalized spacial score (nSPS) is 15.5. The maximum atomic E-state index is 13.2. The Bertz CT molecular complexity index is 774. The lowest BCUT2D eigenvalue weighted by atomic mass is 10.1. The Morgan fingerprint density at radius 1 is 0.963 bits per heavy atom. The molecule has 1 heterocycles. The third-order valence-corrected chi connectivity index (χ3v) is 4.66. The SMILES string of the molecule is CN1CCN(Cc2ccc(CNC(=O)Nc3ccc(F)c(F)c3)cc2)CC1. The molecule has 7 heteroatoms. The topological polar surface area (TPSA) is 47.6 Å². The number of amides is 2. The summed E-state index contributed by atoms with van der Waals surface area (Å²) in [6, 6.07) is 10.9. The second kappa shape index (κ2) is 8.92. The van der Waals surface area contributed by atoms with Crippen molar-refractivity contribution in [3.8, 4) is 0 Å². The number of benzene rings is 2. The minimum absolute atomic E-state index is 0.203. The van der Waals surface area contributed by atoms with Crippen LogP contribution in [0.1, 0.15) is 11.1 Å². The van der Waals surface area contributed by atoms with Gasteiger partial charge in [-0.15, -0.1) is 0 Å². The van der Waals surface area contributed by atoms with Gasteiger partial charge in [0.15, 0.2) is 11.6 Å². The number of urea groups is 1. The van der Waals surface area contributed by atoms with Gasteiger partial charge < -0.3 is 15.5 Å². The predicted molar refractivity (Wildman–Crippen MR) is 101 cm³/mol. The van der Waals surface area contributed by atoms with E-state index in [4.69, 9.17) is 0 Å². The van der Waals surface area contributed by atoms with Gasteiger partial charge in [-0.3, -0.25) is 4.90 Å². The van der Waals surface area contributed by atoms with Crippen molar-refractivity contribution in [2.24, 2.45) is 0 Å². The van der Waals surface area contributed by atoms with Crippen LogP contribution in [0.25, 0.3) is 0 Å². The lowest BCUT2D eigenvalue weighted by Crippen LogP contribution is -2.43. The van der Waals surface area contributed by atoms with Gasteiger partial charge in [0, 0.05) is 51.0 Å². The van der Waals surface area contributed by atoms with Crippen molar-refractivity contribution in [3.05, 3.63) is 65.2 Å². The largest absolute Gasteiger partial charge is 0.334 e. The Hall–Kier alpha value is -2.51. The number of halogens is 2. The number of nitrogens with one attached hydrogen (secondary N) is 2. The molecule has 5 nitrogen and oxygen atoms in total. The fourth-order valence-electron chi connectivity index (χ4n) is 2.96. The molecule has 0 radical (unpaired) electrons. The van der Waals surface area contributed by atoms with Crippen molar-refractivity contribution in [1.29, 1.82) is 0 Å². The predicted octanol–water partition coefficient (Wildman–Crippen LogP) is 3.03. The van der Waals surface area contributed by atoms with E-state index < -0.39 is 17.7 Å². The Morgan fingerprint density at radius 3 is 2.30 bits per heavy atom. The number of likely N-dealkylation sites (N-methyl/N-ethyl adjacent to an activating group) is 1. The van der Waals surface area contributed by atoms with E-state index in [0.29, 0.717) is 6.54 Å². The van der Waals surface area contributed by atoms with Gasteiger partial charge in [0.1, 0.15) is 0 Å². The van der Waals surface area contributed by atoms with Crippen LogP contribution in [0.2, 0.25) is 0 Å². The summed E-state index contributed by atoms with van der Waals surface area (Å²) in [6.07, 6.45) is 0. The number of hydrogen-bond acceptors (Lipinski definition) is 3. The summed E-state index contributed by atoms with van der Waals surface area (Å²) in [5.74, 6) is -1.94. The molecule has 1 aliphatic rings. The highest BCUT2D eigenvalue weighted by Crippen LogP contribution is 2.13. The third kappa shape index (κ3) is 5.74. The Labute approximate surface area is 158 Å². The fraction of sp³-hybridized carbons (Fsp3) is 0.350. The molecule has 0 aromatic heterocycles. The average Bonchev–Trinajstić information content (AvgIpc) is 2.66. The van der Waals surface area contributed by atoms with Crippen LogP contribution >= 0.6 is 0 Å². The lowest BCUT2D eigenvalue weighted by molar-refractivity contribution is 0.148. The van der Waals surface area contributed by atoms with Crippen LogP contribution in [0.4, 0.5) is 19.3 Å². The molecule has 27 heavy (non-hydrogen) atoms. The van der Waals surface area contributed by atoms with Crippen LogP contribution in [0.15, 0.2) is 42.5 Å². The zero-order valence-electron chi connectivity index (χ0n) is 15.3. The molecule has 144 valence electrons. The standard InChI is InChI=1S/C20H24F2N4O/c1-25-8-10-26(11-9-25)14-16-4-2-15(3-5-16)13-23-20(27)24-17-6-7-18(21)19(22)12-17/h2-7,12H,8-11,13-14H2,1H3,(H2,23,24,27). The van der Waals surface area contributed by atoms with Crippen LogP contribution in [0.5, 0.6) is 0 Å². The number of anilines is 1. The number of carbonyl (C=O) groups excluding carboxylic acids is 1. The molecule has 0 spiro atoms. The molecule has 0 aliphatic carbocycles. The van der Waals surface area contributed by atoms with Crippen molar-refractivity contribution in [2.45, 2.75) is 13.1 Å². The minimum Gasteiger partial charge on any atom is -0.334 e. The molecular formula is C20H24F2N4O. The number of rotatable bonds is 5. The molecule has 0 saturated carbocycles. The summed E-state index contributed by atoms with van der Waals surface area (Å²) in [7, 11) is 2.14. The monoisotopic (exact) mass is 374 g/mol. The summed E-state index contributed by atoms with van der Waals surface area (Å²) in [4.78, 5) is 16.7. The molecule has 3 rings (SSSR count). The van der Waals surface area contributed by atoms with Crippen LogP contribution in [-0.2, 0) is 13.1 Å². The molecule has 2 amide bonds. The zero-order chi connectivity index (χ0) is 19.2. The second-order valence-corrected chi connectivity index (χ2v) is 6.83. The van der Waals surface area contributed by atoms with Gasteiger partial charge in [-0.05, 0) is 30.3 Å².